The Labute approximate surface area is 124 Å². The molecule has 7 nitrogen and oxygen atoms in total. The van der Waals surface area contributed by atoms with Gasteiger partial charge in [0.1, 0.15) is 0 Å². The van der Waals surface area contributed by atoms with E-state index in [-0.39, 0.29) is 5.92 Å². The average Bonchev–Trinajstić information content (AvgIpc) is 3.19. The third kappa shape index (κ3) is 3.41. The SMILES string of the molecule is CCc1nc(CN2CCN(C(=O)C3CCNC3)CC2)no1. The first-order chi connectivity index (χ1) is 10.3. The van der Waals surface area contributed by atoms with E-state index in [9.17, 15) is 4.79 Å². The zero-order valence-electron chi connectivity index (χ0n) is 12.5. The summed E-state index contributed by atoms with van der Waals surface area (Å²) in [6.45, 7) is 7.86. The Hall–Kier alpha value is -1.47. The van der Waals surface area contributed by atoms with Crippen molar-refractivity contribution in [3.8, 4) is 0 Å². The molecule has 0 aromatic carbocycles. The van der Waals surface area contributed by atoms with Gasteiger partial charge in [0.25, 0.3) is 0 Å². The van der Waals surface area contributed by atoms with Gasteiger partial charge in [-0.05, 0) is 13.0 Å². The number of aromatic nitrogens is 2. The Morgan fingerprint density at radius 2 is 2.19 bits per heavy atom. The number of piperazine rings is 1. The zero-order valence-corrected chi connectivity index (χ0v) is 12.5. The van der Waals surface area contributed by atoms with E-state index in [1.54, 1.807) is 0 Å². The molecule has 0 aliphatic carbocycles. The molecule has 1 atom stereocenters. The number of rotatable bonds is 4. The molecule has 2 fully saturated rings. The maximum atomic E-state index is 12.3. The molecular weight excluding hydrogens is 270 g/mol. The van der Waals surface area contributed by atoms with Crippen LogP contribution in [-0.2, 0) is 17.8 Å². The van der Waals surface area contributed by atoms with Crippen molar-refractivity contribution in [2.45, 2.75) is 26.3 Å². The Morgan fingerprint density at radius 1 is 1.38 bits per heavy atom. The van der Waals surface area contributed by atoms with E-state index >= 15 is 0 Å². The van der Waals surface area contributed by atoms with Crippen molar-refractivity contribution in [3.05, 3.63) is 11.7 Å². The van der Waals surface area contributed by atoms with E-state index < -0.39 is 0 Å². The number of amides is 1. The van der Waals surface area contributed by atoms with E-state index in [0.29, 0.717) is 18.3 Å². The highest BCUT2D eigenvalue weighted by molar-refractivity contribution is 5.79. The van der Waals surface area contributed by atoms with Crippen LogP contribution < -0.4 is 5.32 Å². The van der Waals surface area contributed by atoms with E-state index in [1.807, 2.05) is 11.8 Å². The molecule has 3 rings (SSSR count). The van der Waals surface area contributed by atoms with E-state index in [2.05, 4.69) is 20.4 Å². The average molecular weight is 293 g/mol. The fourth-order valence-corrected chi connectivity index (χ4v) is 2.95. The maximum Gasteiger partial charge on any atom is 0.227 e. The molecular formula is C14H23N5O2. The lowest BCUT2D eigenvalue weighted by atomic mass is 10.1. The topological polar surface area (TPSA) is 74.5 Å². The van der Waals surface area contributed by atoms with Crippen LogP contribution in [0.1, 0.15) is 25.1 Å². The Balaban J connectivity index is 1.47. The second kappa shape index (κ2) is 6.53. The van der Waals surface area contributed by atoms with Crippen molar-refractivity contribution < 1.29 is 9.32 Å². The van der Waals surface area contributed by atoms with Crippen molar-refractivity contribution in [2.24, 2.45) is 5.92 Å². The molecule has 0 spiro atoms. The van der Waals surface area contributed by atoms with Crippen LogP contribution in [0.15, 0.2) is 4.52 Å². The molecule has 1 aromatic rings. The van der Waals surface area contributed by atoms with Crippen LogP contribution >= 0.6 is 0 Å². The summed E-state index contributed by atoms with van der Waals surface area (Å²) < 4.78 is 5.12. The summed E-state index contributed by atoms with van der Waals surface area (Å²) in [4.78, 5) is 20.9. The van der Waals surface area contributed by atoms with Gasteiger partial charge in [0, 0.05) is 39.1 Å². The van der Waals surface area contributed by atoms with Crippen molar-refractivity contribution in [2.75, 3.05) is 39.3 Å². The summed E-state index contributed by atoms with van der Waals surface area (Å²) in [7, 11) is 0. The van der Waals surface area contributed by atoms with Gasteiger partial charge < -0.3 is 14.7 Å². The molecule has 1 aromatic heterocycles. The standard InChI is InChI=1S/C14H23N5O2/c1-2-13-16-12(17-21-13)10-18-5-7-19(8-6-18)14(20)11-3-4-15-9-11/h11,15H,2-10H2,1H3. The molecule has 1 N–H and O–H groups in total. The van der Waals surface area contributed by atoms with Gasteiger partial charge in [0.15, 0.2) is 5.82 Å². The number of nitrogens with one attached hydrogen (secondary N) is 1. The summed E-state index contributed by atoms with van der Waals surface area (Å²) in [5, 5.41) is 7.24. The molecule has 1 amide bonds. The maximum absolute atomic E-state index is 12.3. The molecule has 3 heterocycles. The number of aryl methyl sites for hydroxylation is 1. The molecule has 116 valence electrons. The van der Waals surface area contributed by atoms with Gasteiger partial charge in [-0.3, -0.25) is 9.69 Å². The van der Waals surface area contributed by atoms with Crippen LogP contribution in [-0.4, -0.2) is 65.1 Å². The third-order valence-corrected chi connectivity index (χ3v) is 4.27. The Kier molecular flexibility index (Phi) is 4.50. The molecule has 2 aliphatic heterocycles. The minimum Gasteiger partial charge on any atom is -0.340 e. The number of carbonyl (C=O) groups excluding carboxylic acids is 1. The molecule has 7 heteroatoms. The van der Waals surface area contributed by atoms with Gasteiger partial charge in [0.2, 0.25) is 11.8 Å². The summed E-state index contributed by atoms with van der Waals surface area (Å²) in [5.74, 6) is 1.92. The molecule has 2 aliphatic rings. The van der Waals surface area contributed by atoms with Crippen molar-refractivity contribution >= 4 is 5.91 Å². The minimum absolute atomic E-state index is 0.181. The first-order valence-corrected chi connectivity index (χ1v) is 7.79. The molecule has 0 radical (unpaired) electrons. The molecule has 0 saturated carbocycles. The van der Waals surface area contributed by atoms with Crippen LogP contribution in [0, 0.1) is 5.92 Å². The van der Waals surface area contributed by atoms with Gasteiger partial charge in [-0.15, -0.1) is 0 Å². The first-order valence-electron chi connectivity index (χ1n) is 7.79. The van der Waals surface area contributed by atoms with Crippen molar-refractivity contribution in [1.29, 1.82) is 0 Å². The van der Waals surface area contributed by atoms with Crippen molar-refractivity contribution in [3.63, 3.8) is 0 Å². The quantitative estimate of drug-likeness (QED) is 0.834. The van der Waals surface area contributed by atoms with Gasteiger partial charge >= 0.3 is 0 Å². The Morgan fingerprint density at radius 3 is 2.81 bits per heavy atom. The molecule has 2 saturated heterocycles. The van der Waals surface area contributed by atoms with Crippen LogP contribution in [0.4, 0.5) is 0 Å². The van der Waals surface area contributed by atoms with Crippen LogP contribution in [0.2, 0.25) is 0 Å². The number of hydrogen-bond donors (Lipinski definition) is 1. The van der Waals surface area contributed by atoms with E-state index in [1.165, 1.54) is 0 Å². The third-order valence-electron chi connectivity index (χ3n) is 4.27. The normalized spacial score (nSPS) is 23.7. The van der Waals surface area contributed by atoms with Crippen LogP contribution in [0.25, 0.3) is 0 Å². The smallest absolute Gasteiger partial charge is 0.227 e. The second-order valence-electron chi connectivity index (χ2n) is 5.75. The van der Waals surface area contributed by atoms with Crippen LogP contribution in [0.3, 0.4) is 0 Å². The predicted octanol–water partition coefficient (Wildman–Crippen LogP) is -0.114. The Bertz CT molecular complexity index is 475. The molecule has 1 unspecified atom stereocenters. The molecule has 0 bridgehead atoms. The minimum atomic E-state index is 0.181. The summed E-state index contributed by atoms with van der Waals surface area (Å²) in [5.41, 5.74) is 0. The van der Waals surface area contributed by atoms with Crippen LogP contribution in [0.5, 0.6) is 0 Å². The largest absolute Gasteiger partial charge is 0.340 e. The lowest BCUT2D eigenvalue weighted by Gasteiger charge is -2.35. The molecule has 21 heavy (non-hydrogen) atoms. The van der Waals surface area contributed by atoms with Gasteiger partial charge in [0.05, 0.1) is 12.5 Å². The first kappa shape index (κ1) is 14.5. The number of nitrogens with zero attached hydrogens (tertiary/aromatic N) is 4. The number of hydrogen-bond acceptors (Lipinski definition) is 6. The van der Waals surface area contributed by atoms with Crippen molar-refractivity contribution in [1.82, 2.24) is 25.3 Å². The van der Waals surface area contributed by atoms with E-state index in [0.717, 1.165) is 57.9 Å². The monoisotopic (exact) mass is 293 g/mol. The second-order valence-corrected chi connectivity index (χ2v) is 5.75. The highest BCUT2D eigenvalue weighted by Crippen LogP contribution is 2.14. The highest BCUT2D eigenvalue weighted by atomic mass is 16.5. The van der Waals surface area contributed by atoms with Gasteiger partial charge in [-0.25, -0.2) is 0 Å². The van der Waals surface area contributed by atoms with Gasteiger partial charge in [-0.1, -0.05) is 12.1 Å². The highest BCUT2D eigenvalue weighted by Gasteiger charge is 2.29. The lowest BCUT2D eigenvalue weighted by Crippen LogP contribution is -2.50. The summed E-state index contributed by atoms with van der Waals surface area (Å²) >= 11 is 0. The lowest BCUT2D eigenvalue weighted by molar-refractivity contribution is -0.136. The number of carbonyl (C=O) groups is 1. The summed E-state index contributed by atoms with van der Waals surface area (Å²) in [6, 6.07) is 0. The summed E-state index contributed by atoms with van der Waals surface area (Å²) in [6.07, 6.45) is 1.74. The predicted molar refractivity (Wildman–Crippen MR) is 76.5 cm³/mol. The zero-order chi connectivity index (χ0) is 14.7. The fourth-order valence-electron chi connectivity index (χ4n) is 2.95. The fraction of sp³-hybridized carbons (Fsp3) is 0.786. The van der Waals surface area contributed by atoms with E-state index in [4.69, 9.17) is 4.52 Å². The van der Waals surface area contributed by atoms with Gasteiger partial charge in [-0.2, -0.15) is 4.98 Å².